The number of amides is 2. The summed E-state index contributed by atoms with van der Waals surface area (Å²) in [7, 11) is 1.78. The summed E-state index contributed by atoms with van der Waals surface area (Å²) in [5.74, 6) is 0. The summed E-state index contributed by atoms with van der Waals surface area (Å²) in [6.07, 6.45) is 1.62. The number of nitrogens with zero attached hydrogens (tertiary/aromatic N) is 4. The molecule has 140 valence electrons. The number of ether oxygens (including phenoxy) is 1. The summed E-state index contributed by atoms with van der Waals surface area (Å²) < 4.78 is 7.04. The molecule has 27 heavy (non-hydrogen) atoms. The molecule has 7 nitrogen and oxygen atoms in total. The van der Waals surface area contributed by atoms with Crippen molar-refractivity contribution in [3.8, 4) is 0 Å². The van der Waals surface area contributed by atoms with Crippen LogP contribution < -0.4 is 10.3 Å². The molecule has 1 fully saturated rings. The van der Waals surface area contributed by atoms with Crippen molar-refractivity contribution in [3.05, 3.63) is 60.4 Å². The number of benzene rings is 2. The first-order chi connectivity index (χ1) is 13.2. The van der Waals surface area contributed by atoms with E-state index < -0.39 is 0 Å². The van der Waals surface area contributed by atoms with Gasteiger partial charge >= 0.3 is 6.03 Å². The highest BCUT2D eigenvalue weighted by molar-refractivity contribution is 5.85. The van der Waals surface area contributed by atoms with Crippen LogP contribution in [0.4, 0.5) is 10.5 Å². The predicted octanol–water partition coefficient (Wildman–Crippen LogP) is 2.67. The minimum atomic E-state index is -0.185. The van der Waals surface area contributed by atoms with E-state index >= 15 is 0 Å². The van der Waals surface area contributed by atoms with Gasteiger partial charge in [0.25, 0.3) is 0 Å². The molecule has 2 amide bonds. The Balaban J connectivity index is 1.38. The lowest BCUT2D eigenvalue weighted by Gasteiger charge is -2.29. The third-order valence-corrected chi connectivity index (χ3v) is 4.75. The zero-order chi connectivity index (χ0) is 18.6. The highest BCUT2D eigenvalue weighted by Gasteiger charge is 2.13. The van der Waals surface area contributed by atoms with Crippen molar-refractivity contribution < 1.29 is 9.53 Å². The third kappa shape index (κ3) is 3.88. The Bertz CT molecular complexity index is 916. The molecule has 1 aliphatic rings. The molecule has 1 aliphatic heterocycles. The van der Waals surface area contributed by atoms with Gasteiger partial charge in [0, 0.05) is 32.4 Å². The fourth-order valence-corrected chi connectivity index (χ4v) is 3.22. The number of rotatable bonds is 4. The van der Waals surface area contributed by atoms with Crippen molar-refractivity contribution >= 4 is 22.8 Å². The van der Waals surface area contributed by atoms with Gasteiger partial charge in [-0.25, -0.2) is 19.9 Å². The van der Waals surface area contributed by atoms with Crippen molar-refractivity contribution in [2.24, 2.45) is 0 Å². The quantitative estimate of drug-likeness (QED) is 0.772. The summed E-state index contributed by atoms with van der Waals surface area (Å²) >= 11 is 0. The molecule has 2 heterocycles. The van der Waals surface area contributed by atoms with E-state index in [1.54, 1.807) is 23.0 Å². The molecule has 2 aromatic carbocycles. The van der Waals surface area contributed by atoms with E-state index in [1.807, 2.05) is 24.3 Å². The van der Waals surface area contributed by atoms with Crippen LogP contribution >= 0.6 is 0 Å². The maximum atomic E-state index is 12.5. The van der Waals surface area contributed by atoms with Crippen molar-refractivity contribution in [2.75, 3.05) is 43.7 Å². The molecule has 0 bridgehead atoms. The normalized spacial score (nSPS) is 14.3. The van der Waals surface area contributed by atoms with Crippen LogP contribution in [0.25, 0.3) is 11.0 Å². The van der Waals surface area contributed by atoms with Gasteiger partial charge in [0.2, 0.25) is 0 Å². The van der Waals surface area contributed by atoms with Crippen molar-refractivity contribution in [1.29, 1.82) is 0 Å². The number of aromatic nitrogens is 2. The van der Waals surface area contributed by atoms with Crippen LogP contribution in [0.15, 0.2) is 54.9 Å². The zero-order valence-electron chi connectivity index (χ0n) is 15.3. The lowest BCUT2D eigenvalue weighted by atomic mass is 10.2. The number of imidazole rings is 1. The molecule has 0 aliphatic carbocycles. The second-order valence-corrected chi connectivity index (χ2v) is 6.64. The Hall–Kier alpha value is -3.06. The Morgan fingerprint density at radius 1 is 1.15 bits per heavy atom. The number of carbonyl (C=O) groups excluding carboxylic acids is 1. The summed E-state index contributed by atoms with van der Waals surface area (Å²) in [6.45, 7) is 3.91. The number of morpholine rings is 1. The van der Waals surface area contributed by atoms with Gasteiger partial charge in [-0.15, -0.1) is 0 Å². The van der Waals surface area contributed by atoms with Gasteiger partial charge in [0.15, 0.2) is 0 Å². The minimum Gasteiger partial charge on any atom is -0.378 e. The van der Waals surface area contributed by atoms with Crippen LogP contribution in [0.1, 0.15) is 5.56 Å². The maximum Gasteiger partial charge on any atom is 0.336 e. The summed E-state index contributed by atoms with van der Waals surface area (Å²) in [6, 6.07) is 15.9. The molecule has 1 aromatic heterocycles. The molecule has 3 aromatic rings. The molecule has 4 rings (SSSR count). The van der Waals surface area contributed by atoms with E-state index in [-0.39, 0.29) is 6.03 Å². The summed E-state index contributed by atoms with van der Waals surface area (Å²) in [5, 5.41) is 0. The average Bonchev–Trinajstić information content (AvgIpc) is 3.12. The highest BCUT2D eigenvalue weighted by atomic mass is 16.5. The van der Waals surface area contributed by atoms with Gasteiger partial charge in [0.1, 0.15) is 6.33 Å². The number of para-hydroxylation sites is 2. The van der Waals surface area contributed by atoms with Gasteiger partial charge in [0.05, 0.1) is 24.2 Å². The molecule has 7 heteroatoms. The van der Waals surface area contributed by atoms with Crippen molar-refractivity contribution in [1.82, 2.24) is 14.6 Å². The molecule has 0 spiro atoms. The van der Waals surface area contributed by atoms with E-state index in [1.165, 1.54) is 5.69 Å². The second kappa shape index (κ2) is 7.67. The largest absolute Gasteiger partial charge is 0.378 e. The Kier molecular flexibility index (Phi) is 4.93. The summed E-state index contributed by atoms with van der Waals surface area (Å²) in [4.78, 5) is 20.8. The standard InChI is InChI=1S/C20H23N5O2/c1-23(20(26)22-25-15-21-18-4-2-3-5-19(18)25)14-16-6-8-17(9-7-16)24-10-12-27-13-11-24/h2-9,15H,10-14H2,1H3,(H,22,26). The number of fused-ring (bicyclic) bond motifs is 1. The predicted molar refractivity (Wildman–Crippen MR) is 105 cm³/mol. The van der Waals surface area contributed by atoms with Crippen LogP contribution in [0.3, 0.4) is 0 Å². The molecule has 0 atom stereocenters. The first kappa shape index (κ1) is 17.4. The van der Waals surface area contributed by atoms with Crippen molar-refractivity contribution in [3.63, 3.8) is 0 Å². The van der Waals surface area contributed by atoms with Gasteiger partial charge in [-0.05, 0) is 29.8 Å². The fourth-order valence-electron chi connectivity index (χ4n) is 3.22. The highest BCUT2D eigenvalue weighted by Crippen LogP contribution is 2.17. The first-order valence-electron chi connectivity index (χ1n) is 9.06. The number of hydrogen-bond acceptors (Lipinski definition) is 4. The van der Waals surface area contributed by atoms with E-state index in [0.29, 0.717) is 6.54 Å². The second-order valence-electron chi connectivity index (χ2n) is 6.64. The topological polar surface area (TPSA) is 62.6 Å². The molecular weight excluding hydrogens is 342 g/mol. The molecule has 1 N–H and O–H groups in total. The van der Waals surface area contributed by atoms with Gasteiger partial charge in [-0.2, -0.15) is 0 Å². The monoisotopic (exact) mass is 365 g/mol. The smallest absolute Gasteiger partial charge is 0.336 e. The maximum absolute atomic E-state index is 12.5. The number of anilines is 1. The van der Waals surface area contributed by atoms with Gasteiger partial charge in [-0.3, -0.25) is 0 Å². The SMILES string of the molecule is CN(Cc1ccc(N2CCOCC2)cc1)C(=O)Nn1cnc2ccccc21. The zero-order valence-corrected chi connectivity index (χ0v) is 15.3. The Morgan fingerprint density at radius 3 is 2.67 bits per heavy atom. The lowest BCUT2D eigenvalue weighted by Crippen LogP contribution is -2.36. The van der Waals surface area contributed by atoms with E-state index in [0.717, 1.165) is 42.9 Å². The van der Waals surface area contributed by atoms with Crippen molar-refractivity contribution in [2.45, 2.75) is 6.54 Å². The van der Waals surface area contributed by atoms with E-state index in [2.05, 4.69) is 39.6 Å². The average molecular weight is 365 g/mol. The van der Waals surface area contributed by atoms with Crippen LogP contribution in [0.2, 0.25) is 0 Å². The summed E-state index contributed by atoms with van der Waals surface area (Å²) in [5.41, 5.74) is 6.86. The van der Waals surface area contributed by atoms with Crippen LogP contribution in [-0.2, 0) is 11.3 Å². The molecule has 0 saturated carbocycles. The lowest BCUT2D eigenvalue weighted by molar-refractivity contribution is 0.122. The number of urea groups is 1. The first-order valence-corrected chi connectivity index (χ1v) is 9.06. The fraction of sp³-hybridized carbons (Fsp3) is 0.300. The van der Waals surface area contributed by atoms with E-state index in [4.69, 9.17) is 4.74 Å². The molecule has 0 unspecified atom stereocenters. The third-order valence-electron chi connectivity index (χ3n) is 4.75. The van der Waals surface area contributed by atoms with Crippen LogP contribution in [-0.4, -0.2) is 53.9 Å². The van der Waals surface area contributed by atoms with Gasteiger partial charge < -0.3 is 14.5 Å². The molecule has 1 saturated heterocycles. The number of nitrogens with one attached hydrogen (secondary N) is 1. The number of carbonyl (C=O) groups is 1. The van der Waals surface area contributed by atoms with Crippen LogP contribution in [0, 0.1) is 0 Å². The minimum absolute atomic E-state index is 0.185. The molecule has 0 radical (unpaired) electrons. The number of hydrogen-bond donors (Lipinski definition) is 1. The van der Waals surface area contributed by atoms with E-state index in [9.17, 15) is 4.79 Å². The van der Waals surface area contributed by atoms with Gasteiger partial charge in [-0.1, -0.05) is 24.3 Å². The Morgan fingerprint density at radius 2 is 1.89 bits per heavy atom. The Labute approximate surface area is 158 Å². The molecular formula is C20H23N5O2. The van der Waals surface area contributed by atoms with Crippen LogP contribution in [0.5, 0.6) is 0 Å².